The smallest absolute Gasteiger partial charge is 0.289 e. The van der Waals surface area contributed by atoms with Crippen LogP contribution in [-0.4, -0.2) is 9.78 Å². The van der Waals surface area contributed by atoms with Crippen LogP contribution in [0.3, 0.4) is 0 Å². The van der Waals surface area contributed by atoms with Crippen LogP contribution in [0, 0.1) is 0 Å². The van der Waals surface area contributed by atoms with Gasteiger partial charge < -0.3 is 0 Å². The van der Waals surface area contributed by atoms with Gasteiger partial charge in [0.05, 0.1) is 7.05 Å². The van der Waals surface area contributed by atoms with Crippen molar-refractivity contribution in [1.82, 2.24) is 9.78 Å². The highest BCUT2D eigenvalue weighted by molar-refractivity contribution is 4.67. The number of hydrogen-bond donors (Lipinski definition) is 1. The topological polar surface area (TPSA) is 47.7 Å². The van der Waals surface area contributed by atoms with Gasteiger partial charge in [-0.1, -0.05) is 6.92 Å². The lowest BCUT2D eigenvalue weighted by Gasteiger charge is -1.81. The van der Waals surface area contributed by atoms with Gasteiger partial charge in [0.15, 0.2) is 0 Å². The number of nitrogen functional groups attached to an aromatic ring is 1. The molecule has 0 spiro atoms. The van der Waals surface area contributed by atoms with Crippen molar-refractivity contribution in [3.63, 3.8) is 0 Å². The van der Waals surface area contributed by atoms with Crippen LogP contribution in [-0.2, 0) is 13.5 Å². The molecule has 0 aromatic carbocycles. The first-order chi connectivity index (χ1) is 4.24. The van der Waals surface area contributed by atoms with Gasteiger partial charge >= 0.3 is 0 Å². The number of aromatic nitrogens is 3. The molecule has 1 aromatic heterocycles. The van der Waals surface area contributed by atoms with E-state index < -0.39 is 0 Å². The van der Waals surface area contributed by atoms with E-state index in [0.717, 1.165) is 12.2 Å². The minimum absolute atomic E-state index is 0.872. The maximum Gasteiger partial charge on any atom is 0.298 e. The van der Waals surface area contributed by atoms with Gasteiger partial charge in [-0.2, -0.15) is 0 Å². The lowest BCUT2D eigenvalue weighted by Crippen LogP contribution is -2.46. The van der Waals surface area contributed by atoms with Gasteiger partial charge in [0.25, 0.3) is 5.82 Å². The molecule has 1 rings (SSSR count). The van der Waals surface area contributed by atoms with Crippen molar-refractivity contribution in [2.24, 2.45) is 7.05 Å². The Kier molecular flexibility index (Phi) is 1.38. The lowest BCUT2D eigenvalue weighted by atomic mass is 10.5. The molecule has 0 aliphatic rings. The standard InChI is InChI=1S/C5H11N4/c1-3-5-7-8(2)4-9(5)6/h4H,3,6H2,1-2H3/q+1. The first-order valence-electron chi connectivity index (χ1n) is 2.93. The van der Waals surface area contributed by atoms with E-state index in [9.17, 15) is 0 Å². The van der Waals surface area contributed by atoms with E-state index >= 15 is 0 Å². The predicted molar refractivity (Wildman–Crippen MR) is 32.9 cm³/mol. The van der Waals surface area contributed by atoms with Crippen molar-refractivity contribution in [2.45, 2.75) is 13.3 Å². The molecule has 0 amide bonds. The number of nitrogens with two attached hydrogens (primary N) is 1. The summed E-state index contributed by atoms with van der Waals surface area (Å²) in [6, 6.07) is 0. The largest absolute Gasteiger partial charge is 0.298 e. The molecular formula is C5H11N4+. The van der Waals surface area contributed by atoms with Gasteiger partial charge in [-0.05, 0) is 0 Å². The Bertz CT molecular complexity index is 203. The van der Waals surface area contributed by atoms with Crippen LogP contribution in [0.2, 0.25) is 0 Å². The maximum absolute atomic E-state index is 5.49. The van der Waals surface area contributed by atoms with Crippen molar-refractivity contribution in [2.75, 3.05) is 5.84 Å². The van der Waals surface area contributed by atoms with Crippen molar-refractivity contribution >= 4 is 0 Å². The number of aryl methyl sites for hydroxylation is 2. The number of rotatable bonds is 1. The quantitative estimate of drug-likeness (QED) is 0.388. The SMILES string of the molecule is CCc1nn(C)c[n+]1N. The Balaban J connectivity index is 3.01. The summed E-state index contributed by atoms with van der Waals surface area (Å²) in [6.07, 6.45) is 2.61. The van der Waals surface area contributed by atoms with E-state index in [-0.39, 0.29) is 0 Å². The van der Waals surface area contributed by atoms with Gasteiger partial charge in [-0.3, -0.25) is 5.84 Å². The molecule has 2 N–H and O–H groups in total. The van der Waals surface area contributed by atoms with Gasteiger partial charge in [0.2, 0.25) is 6.33 Å². The van der Waals surface area contributed by atoms with Gasteiger partial charge in [-0.25, -0.2) is 0 Å². The average molecular weight is 127 g/mol. The second-order valence-electron chi connectivity index (χ2n) is 1.97. The summed E-state index contributed by atoms with van der Waals surface area (Å²) in [5.41, 5.74) is 0. The summed E-state index contributed by atoms with van der Waals surface area (Å²) < 4.78 is 3.22. The van der Waals surface area contributed by atoms with Gasteiger partial charge in [0.1, 0.15) is 0 Å². The minimum Gasteiger partial charge on any atom is -0.289 e. The Hall–Kier alpha value is -1.06. The monoisotopic (exact) mass is 127 g/mol. The molecule has 9 heavy (non-hydrogen) atoms. The van der Waals surface area contributed by atoms with Gasteiger partial charge in [-0.15, -0.1) is 9.36 Å². The zero-order chi connectivity index (χ0) is 6.85. The van der Waals surface area contributed by atoms with Crippen LogP contribution in [0.4, 0.5) is 0 Å². The Morgan fingerprint density at radius 2 is 2.56 bits per heavy atom. The van der Waals surface area contributed by atoms with Crippen molar-refractivity contribution in [1.29, 1.82) is 0 Å². The molecule has 0 atom stereocenters. The Morgan fingerprint density at radius 1 is 1.89 bits per heavy atom. The molecule has 1 heterocycles. The van der Waals surface area contributed by atoms with E-state index in [0.29, 0.717) is 0 Å². The molecule has 0 unspecified atom stereocenters. The van der Waals surface area contributed by atoms with Gasteiger partial charge in [0, 0.05) is 11.5 Å². The fraction of sp³-hybridized carbons (Fsp3) is 0.600. The molecule has 4 nitrogen and oxygen atoms in total. The summed E-state index contributed by atoms with van der Waals surface area (Å²) in [4.78, 5) is 0. The van der Waals surface area contributed by atoms with Crippen LogP contribution >= 0.6 is 0 Å². The molecule has 0 fully saturated rings. The van der Waals surface area contributed by atoms with E-state index in [2.05, 4.69) is 5.10 Å². The minimum atomic E-state index is 0.872. The van der Waals surface area contributed by atoms with E-state index in [1.165, 1.54) is 4.68 Å². The third-order valence-corrected chi connectivity index (χ3v) is 1.18. The fourth-order valence-corrected chi connectivity index (χ4v) is 0.760. The Morgan fingerprint density at radius 3 is 2.78 bits per heavy atom. The summed E-state index contributed by atoms with van der Waals surface area (Å²) in [6.45, 7) is 2.02. The molecule has 0 radical (unpaired) electrons. The molecule has 0 saturated heterocycles. The number of hydrogen-bond acceptors (Lipinski definition) is 2. The predicted octanol–water partition coefficient (Wildman–Crippen LogP) is -1.02. The van der Waals surface area contributed by atoms with Crippen LogP contribution in [0.15, 0.2) is 6.33 Å². The maximum atomic E-state index is 5.49. The molecule has 1 aromatic rings. The van der Waals surface area contributed by atoms with E-state index in [1.54, 1.807) is 11.0 Å². The average Bonchev–Trinajstić information content (AvgIpc) is 2.10. The molecule has 50 valence electrons. The van der Waals surface area contributed by atoms with Crippen LogP contribution in [0.1, 0.15) is 12.7 Å². The summed E-state index contributed by atoms with van der Waals surface area (Å²) in [7, 11) is 1.85. The summed E-state index contributed by atoms with van der Waals surface area (Å²) in [5, 5.41) is 4.08. The molecule has 0 bridgehead atoms. The highest BCUT2D eigenvalue weighted by Crippen LogP contribution is 1.81. The highest BCUT2D eigenvalue weighted by Gasteiger charge is 2.07. The molecule has 0 aliphatic carbocycles. The molecular weight excluding hydrogens is 116 g/mol. The Labute approximate surface area is 53.9 Å². The van der Waals surface area contributed by atoms with Crippen molar-refractivity contribution in [3.05, 3.63) is 12.2 Å². The third-order valence-electron chi connectivity index (χ3n) is 1.18. The van der Waals surface area contributed by atoms with E-state index in [4.69, 9.17) is 5.84 Å². The highest BCUT2D eigenvalue weighted by atomic mass is 15.4. The van der Waals surface area contributed by atoms with Crippen LogP contribution < -0.4 is 10.5 Å². The fourth-order valence-electron chi connectivity index (χ4n) is 0.760. The number of nitrogens with zero attached hydrogens (tertiary/aromatic N) is 3. The zero-order valence-corrected chi connectivity index (χ0v) is 5.70. The van der Waals surface area contributed by atoms with Crippen LogP contribution in [0.5, 0.6) is 0 Å². The molecule has 0 saturated carbocycles. The zero-order valence-electron chi connectivity index (χ0n) is 5.70. The normalized spacial score (nSPS) is 10.0. The third kappa shape index (κ3) is 1.01. The van der Waals surface area contributed by atoms with Crippen LogP contribution in [0.25, 0.3) is 0 Å². The summed E-state index contributed by atoms with van der Waals surface area (Å²) >= 11 is 0. The second-order valence-corrected chi connectivity index (χ2v) is 1.97. The second kappa shape index (κ2) is 2.05. The first kappa shape index (κ1) is 6.07. The first-order valence-corrected chi connectivity index (χ1v) is 2.93. The lowest BCUT2D eigenvalue weighted by molar-refractivity contribution is -0.647. The molecule has 4 heteroatoms. The van der Waals surface area contributed by atoms with Crippen molar-refractivity contribution < 1.29 is 4.68 Å². The van der Waals surface area contributed by atoms with E-state index in [1.807, 2.05) is 14.0 Å². The molecule has 0 aliphatic heterocycles. The summed E-state index contributed by atoms with van der Waals surface area (Å²) in [5.74, 6) is 6.39. The van der Waals surface area contributed by atoms with Crippen molar-refractivity contribution in [3.8, 4) is 0 Å².